The van der Waals surface area contributed by atoms with Gasteiger partial charge in [-0.2, -0.15) is 0 Å². The van der Waals surface area contributed by atoms with E-state index >= 15 is 0 Å². The molecule has 6 nitrogen and oxygen atoms in total. The molecule has 1 heterocycles. The number of carbonyl (C=O) groups excluding carboxylic acids is 2. The monoisotopic (exact) mass is 483 g/mol. The van der Waals surface area contributed by atoms with Crippen LogP contribution in [0.3, 0.4) is 0 Å². The van der Waals surface area contributed by atoms with Gasteiger partial charge in [-0.25, -0.2) is 9.18 Å². The summed E-state index contributed by atoms with van der Waals surface area (Å²) in [4.78, 5) is 29.5. The van der Waals surface area contributed by atoms with Crippen molar-refractivity contribution in [1.82, 2.24) is 15.6 Å². The molecule has 7 heteroatoms. The zero-order valence-electron chi connectivity index (χ0n) is 19.6. The second kappa shape index (κ2) is 12.3. The van der Waals surface area contributed by atoms with Gasteiger partial charge < -0.3 is 15.4 Å². The Morgan fingerprint density at radius 2 is 1.53 bits per heavy atom. The third-order valence-electron chi connectivity index (χ3n) is 5.58. The van der Waals surface area contributed by atoms with Gasteiger partial charge in [-0.15, -0.1) is 0 Å². The number of aromatic nitrogens is 1. The van der Waals surface area contributed by atoms with Crippen LogP contribution < -0.4 is 10.6 Å². The number of halogens is 1. The van der Waals surface area contributed by atoms with Gasteiger partial charge in [0.2, 0.25) is 0 Å². The topological polar surface area (TPSA) is 80.3 Å². The molecule has 1 aromatic heterocycles. The number of hydrogen-bond donors (Lipinski definition) is 2. The molecule has 0 bridgehead atoms. The van der Waals surface area contributed by atoms with E-state index < -0.39 is 6.09 Å². The standard InChI is InChI=1S/C29H26FN3O3/c30-23-14-12-21(13-15-23)20-36-29(35)33-19-22-7-1-2-9-25(22)26-10-3-4-11-27(26)28(34)32-18-16-24-8-5-6-17-31-24/h1-15,17H,16,18-20H2,(H,32,34)(H,33,35). The molecule has 0 spiro atoms. The number of benzene rings is 3. The van der Waals surface area contributed by atoms with E-state index in [0.717, 1.165) is 22.4 Å². The fourth-order valence-corrected chi connectivity index (χ4v) is 3.75. The molecule has 0 saturated carbocycles. The van der Waals surface area contributed by atoms with Crippen LogP contribution in [0.25, 0.3) is 11.1 Å². The molecule has 3 aromatic carbocycles. The quantitative estimate of drug-likeness (QED) is 0.339. The summed E-state index contributed by atoms with van der Waals surface area (Å²) in [5.74, 6) is -0.523. The molecule has 36 heavy (non-hydrogen) atoms. The first-order valence-electron chi connectivity index (χ1n) is 11.6. The van der Waals surface area contributed by atoms with E-state index in [1.165, 1.54) is 12.1 Å². The molecule has 0 unspecified atom stereocenters. The molecular weight excluding hydrogens is 457 g/mol. The van der Waals surface area contributed by atoms with Gasteiger partial charge >= 0.3 is 6.09 Å². The van der Waals surface area contributed by atoms with Crippen LogP contribution in [-0.2, 0) is 24.3 Å². The predicted octanol–water partition coefficient (Wildman–Crippen LogP) is 5.29. The highest BCUT2D eigenvalue weighted by Crippen LogP contribution is 2.27. The summed E-state index contributed by atoms with van der Waals surface area (Å²) >= 11 is 0. The number of hydrogen-bond acceptors (Lipinski definition) is 4. The first kappa shape index (κ1) is 24.6. The maximum absolute atomic E-state index is 13.0. The third kappa shape index (κ3) is 6.76. The highest BCUT2D eigenvalue weighted by Gasteiger charge is 2.15. The van der Waals surface area contributed by atoms with Crippen LogP contribution >= 0.6 is 0 Å². The van der Waals surface area contributed by atoms with Crippen molar-refractivity contribution in [2.45, 2.75) is 19.6 Å². The maximum Gasteiger partial charge on any atom is 0.407 e. The molecule has 0 aliphatic carbocycles. The maximum atomic E-state index is 13.0. The Balaban J connectivity index is 1.40. The van der Waals surface area contributed by atoms with Crippen molar-refractivity contribution in [2.75, 3.05) is 6.54 Å². The molecule has 0 aliphatic heterocycles. The van der Waals surface area contributed by atoms with Gasteiger partial charge in [-0.3, -0.25) is 9.78 Å². The fraction of sp³-hybridized carbons (Fsp3) is 0.138. The lowest BCUT2D eigenvalue weighted by Crippen LogP contribution is -2.26. The second-order valence-corrected chi connectivity index (χ2v) is 8.09. The molecular formula is C29H26FN3O3. The van der Waals surface area contributed by atoms with Crippen molar-refractivity contribution in [3.63, 3.8) is 0 Å². The zero-order valence-corrected chi connectivity index (χ0v) is 19.6. The lowest BCUT2D eigenvalue weighted by Gasteiger charge is -2.15. The average Bonchev–Trinajstić information content (AvgIpc) is 2.92. The largest absolute Gasteiger partial charge is 0.445 e. The molecule has 2 amide bonds. The van der Waals surface area contributed by atoms with Crippen molar-refractivity contribution in [1.29, 1.82) is 0 Å². The Bertz CT molecular complexity index is 1310. The number of nitrogens with zero attached hydrogens (tertiary/aromatic N) is 1. The Hall–Kier alpha value is -4.52. The molecule has 0 aliphatic rings. The van der Waals surface area contributed by atoms with Crippen LogP contribution in [0.5, 0.6) is 0 Å². The van der Waals surface area contributed by atoms with E-state index in [1.807, 2.05) is 60.7 Å². The Morgan fingerprint density at radius 1 is 0.806 bits per heavy atom. The number of rotatable bonds is 9. The second-order valence-electron chi connectivity index (χ2n) is 8.09. The van der Waals surface area contributed by atoms with Gasteiger partial charge in [0.25, 0.3) is 5.91 Å². The van der Waals surface area contributed by atoms with Gasteiger partial charge in [0.15, 0.2) is 0 Å². The fourth-order valence-electron chi connectivity index (χ4n) is 3.75. The minimum absolute atomic E-state index is 0.0370. The Labute approximate surface area is 209 Å². The minimum atomic E-state index is -0.588. The van der Waals surface area contributed by atoms with Gasteiger partial charge in [0.05, 0.1) is 0 Å². The summed E-state index contributed by atoms with van der Waals surface area (Å²) in [6, 6.07) is 26.4. The lowest BCUT2D eigenvalue weighted by molar-refractivity contribution is 0.0954. The van der Waals surface area contributed by atoms with Crippen LogP contribution in [0.1, 0.15) is 27.2 Å². The zero-order chi connectivity index (χ0) is 25.2. The number of carbonyl (C=O) groups is 2. The van der Waals surface area contributed by atoms with Crippen molar-refractivity contribution >= 4 is 12.0 Å². The SMILES string of the molecule is O=C(NCc1ccccc1-c1ccccc1C(=O)NCCc1ccccn1)OCc1ccc(F)cc1. The Kier molecular flexibility index (Phi) is 8.38. The van der Waals surface area contributed by atoms with Crippen LogP contribution in [-0.4, -0.2) is 23.5 Å². The third-order valence-corrected chi connectivity index (χ3v) is 5.58. The van der Waals surface area contributed by atoms with Gasteiger partial charge in [-0.05, 0) is 52.6 Å². The minimum Gasteiger partial charge on any atom is -0.445 e. The van der Waals surface area contributed by atoms with Crippen molar-refractivity contribution in [3.05, 3.63) is 125 Å². The molecule has 0 saturated heterocycles. The van der Waals surface area contributed by atoms with E-state index in [9.17, 15) is 14.0 Å². The van der Waals surface area contributed by atoms with E-state index in [-0.39, 0.29) is 24.9 Å². The summed E-state index contributed by atoms with van der Waals surface area (Å²) < 4.78 is 18.3. The van der Waals surface area contributed by atoms with E-state index in [1.54, 1.807) is 24.4 Å². The molecule has 182 valence electrons. The van der Waals surface area contributed by atoms with Crippen molar-refractivity contribution in [3.8, 4) is 11.1 Å². The van der Waals surface area contributed by atoms with Crippen LogP contribution in [0.15, 0.2) is 97.2 Å². The number of pyridine rings is 1. The summed E-state index contributed by atoms with van der Waals surface area (Å²) in [7, 11) is 0. The number of ether oxygens (including phenoxy) is 1. The van der Waals surface area contributed by atoms with E-state index in [2.05, 4.69) is 15.6 Å². The normalized spacial score (nSPS) is 10.5. The van der Waals surface area contributed by atoms with Crippen LogP contribution in [0.4, 0.5) is 9.18 Å². The van der Waals surface area contributed by atoms with Crippen LogP contribution in [0, 0.1) is 5.82 Å². The predicted molar refractivity (Wildman–Crippen MR) is 136 cm³/mol. The van der Waals surface area contributed by atoms with Gasteiger partial charge in [0, 0.05) is 37.0 Å². The van der Waals surface area contributed by atoms with Crippen molar-refractivity contribution < 1.29 is 18.7 Å². The highest BCUT2D eigenvalue weighted by atomic mass is 19.1. The summed E-state index contributed by atoms with van der Waals surface area (Å²) in [5.41, 5.74) is 4.59. The van der Waals surface area contributed by atoms with E-state index in [0.29, 0.717) is 24.1 Å². The van der Waals surface area contributed by atoms with Gasteiger partial charge in [-0.1, -0.05) is 60.7 Å². The lowest BCUT2D eigenvalue weighted by atomic mass is 9.95. The average molecular weight is 484 g/mol. The Morgan fingerprint density at radius 3 is 2.31 bits per heavy atom. The molecule has 0 fully saturated rings. The first-order valence-corrected chi connectivity index (χ1v) is 11.6. The first-order chi connectivity index (χ1) is 17.6. The smallest absolute Gasteiger partial charge is 0.407 e. The molecule has 2 N–H and O–H groups in total. The molecule has 0 atom stereocenters. The van der Waals surface area contributed by atoms with Crippen LogP contribution in [0.2, 0.25) is 0 Å². The highest BCUT2D eigenvalue weighted by molar-refractivity contribution is 6.01. The van der Waals surface area contributed by atoms with E-state index in [4.69, 9.17) is 4.74 Å². The summed E-state index contributed by atoms with van der Waals surface area (Å²) in [6.07, 6.45) is 1.78. The number of alkyl carbamates (subject to hydrolysis) is 1. The molecule has 4 aromatic rings. The summed E-state index contributed by atoms with van der Waals surface area (Å²) in [5, 5.41) is 5.72. The number of amides is 2. The summed E-state index contributed by atoms with van der Waals surface area (Å²) in [6.45, 7) is 0.719. The van der Waals surface area contributed by atoms with Gasteiger partial charge in [0.1, 0.15) is 12.4 Å². The van der Waals surface area contributed by atoms with Crippen molar-refractivity contribution in [2.24, 2.45) is 0 Å². The molecule has 0 radical (unpaired) electrons. The molecule has 4 rings (SSSR count). The number of nitrogens with one attached hydrogen (secondary N) is 2.